The number of nitrogens with two attached hydrogens (primary N) is 1. The molecule has 0 atom stereocenters. The molecule has 3 N–H and O–H groups in total. The molecule has 0 saturated carbocycles. The van der Waals surface area contributed by atoms with E-state index in [0.717, 1.165) is 37.3 Å². The molecule has 1 saturated heterocycles. The number of phenols is 1. The van der Waals surface area contributed by atoms with Gasteiger partial charge in [0.1, 0.15) is 5.75 Å². The van der Waals surface area contributed by atoms with Crippen LogP contribution in [0, 0.1) is 0 Å². The first-order valence-corrected chi connectivity index (χ1v) is 9.40. The van der Waals surface area contributed by atoms with Gasteiger partial charge >= 0.3 is 0 Å². The van der Waals surface area contributed by atoms with Gasteiger partial charge in [-0.1, -0.05) is 23.7 Å². The third kappa shape index (κ3) is 5.77. The Balaban J connectivity index is 1.48. The van der Waals surface area contributed by atoms with Crippen molar-refractivity contribution in [1.29, 1.82) is 0 Å². The molecule has 0 spiro atoms. The van der Waals surface area contributed by atoms with E-state index in [2.05, 4.69) is 26.0 Å². The number of pyridine rings is 1. The van der Waals surface area contributed by atoms with Gasteiger partial charge in [-0.05, 0) is 61.7 Å². The van der Waals surface area contributed by atoms with Crippen LogP contribution in [0.4, 0.5) is 0 Å². The van der Waals surface area contributed by atoms with Gasteiger partial charge in [-0.3, -0.25) is 14.9 Å². The minimum absolute atomic E-state index is 0.332. The Labute approximate surface area is 164 Å². The Morgan fingerprint density at radius 3 is 2.78 bits per heavy atom. The van der Waals surface area contributed by atoms with Crippen molar-refractivity contribution in [2.75, 3.05) is 19.6 Å². The van der Waals surface area contributed by atoms with E-state index in [1.165, 1.54) is 5.56 Å². The maximum absolute atomic E-state index is 9.66. The zero-order valence-corrected chi connectivity index (χ0v) is 15.9. The molecular weight excluding hydrogens is 362 g/mol. The van der Waals surface area contributed by atoms with E-state index in [4.69, 9.17) is 17.4 Å². The van der Waals surface area contributed by atoms with Crippen LogP contribution >= 0.6 is 11.6 Å². The number of aromatic nitrogens is 1. The van der Waals surface area contributed by atoms with Crippen molar-refractivity contribution in [2.45, 2.75) is 25.3 Å². The summed E-state index contributed by atoms with van der Waals surface area (Å²) in [5.41, 5.74) is 2.80. The second-order valence-electron chi connectivity index (χ2n) is 6.70. The average molecular weight is 386 g/mol. The molecule has 1 aromatic carbocycles. The summed E-state index contributed by atoms with van der Waals surface area (Å²) in [7, 11) is 0. The fourth-order valence-electron chi connectivity index (χ4n) is 3.29. The number of benzene rings is 1. The molecule has 0 unspecified atom stereocenters. The number of hydrazone groups is 1. The first-order valence-electron chi connectivity index (χ1n) is 9.02. The van der Waals surface area contributed by atoms with Gasteiger partial charge in [-0.25, -0.2) is 0 Å². The molecule has 0 radical (unpaired) electrons. The van der Waals surface area contributed by atoms with Gasteiger partial charge in [0, 0.05) is 19.0 Å². The first-order chi connectivity index (χ1) is 13.1. The smallest absolute Gasteiger partial charge is 0.115 e. The topological polar surface area (TPSA) is 87.1 Å². The predicted octanol–water partition coefficient (Wildman–Crippen LogP) is 3.21. The Hall–Kier alpha value is -2.44. The number of aromatic hydroxyl groups is 1. The summed E-state index contributed by atoms with van der Waals surface area (Å²) in [5.74, 6) is 6.35. The van der Waals surface area contributed by atoms with E-state index in [1.54, 1.807) is 24.5 Å². The second-order valence-corrected chi connectivity index (χ2v) is 7.14. The summed E-state index contributed by atoms with van der Waals surface area (Å²) in [6.07, 6.45) is 5.43. The molecule has 0 aliphatic carbocycles. The van der Waals surface area contributed by atoms with Crippen LogP contribution in [0.25, 0.3) is 0 Å². The van der Waals surface area contributed by atoms with Crippen LogP contribution in [0.15, 0.2) is 52.7 Å². The molecular formula is C20H24ClN5O. The monoisotopic (exact) mass is 385 g/mol. The van der Waals surface area contributed by atoms with Gasteiger partial charge in [-0.15, -0.1) is 0 Å². The quantitative estimate of drug-likeness (QED) is 0.454. The summed E-state index contributed by atoms with van der Waals surface area (Å²) >= 11 is 5.83. The highest BCUT2D eigenvalue weighted by Gasteiger charge is 2.21. The highest BCUT2D eigenvalue weighted by atomic mass is 35.5. The molecule has 27 heavy (non-hydrogen) atoms. The van der Waals surface area contributed by atoms with E-state index in [-0.39, 0.29) is 0 Å². The molecule has 3 rings (SSSR count). The van der Waals surface area contributed by atoms with Gasteiger partial charge in [-0.2, -0.15) is 5.10 Å². The van der Waals surface area contributed by atoms with Crippen LogP contribution < -0.4 is 5.84 Å². The molecule has 2 heterocycles. The third-order valence-corrected chi connectivity index (χ3v) is 4.99. The fourth-order valence-corrected chi connectivity index (χ4v) is 3.40. The van der Waals surface area contributed by atoms with E-state index in [0.29, 0.717) is 29.8 Å². The predicted molar refractivity (Wildman–Crippen MR) is 110 cm³/mol. The molecule has 1 aliphatic heterocycles. The largest absolute Gasteiger partial charge is 0.508 e. The first kappa shape index (κ1) is 19.3. The Morgan fingerprint density at radius 1 is 1.30 bits per heavy atom. The van der Waals surface area contributed by atoms with Crippen LogP contribution in [0.2, 0.25) is 5.02 Å². The Morgan fingerprint density at radius 2 is 2.11 bits per heavy atom. The second kappa shape index (κ2) is 9.48. The van der Waals surface area contributed by atoms with Crippen LogP contribution in [0.5, 0.6) is 5.75 Å². The van der Waals surface area contributed by atoms with Crippen molar-refractivity contribution < 1.29 is 5.11 Å². The summed E-state index contributed by atoms with van der Waals surface area (Å²) in [4.78, 5) is 10.9. The SMILES string of the molecule is NN=C(C=NCc1ccc(Cl)cn1)CN1CCC(c2cccc(O)c2)CC1. The summed E-state index contributed by atoms with van der Waals surface area (Å²) in [6, 6.07) is 11.2. The molecule has 0 bridgehead atoms. The van der Waals surface area contributed by atoms with Gasteiger partial charge in [0.25, 0.3) is 0 Å². The number of hydrogen-bond acceptors (Lipinski definition) is 6. The van der Waals surface area contributed by atoms with Crippen molar-refractivity contribution in [3.63, 3.8) is 0 Å². The molecule has 2 aromatic rings. The van der Waals surface area contributed by atoms with Crippen LogP contribution in [-0.2, 0) is 6.54 Å². The van der Waals surface area contributed by atoms with Crippen molar-refractivity contribution >= 4 is 23.5 Å². The lowest BCUT2D eigenvalue weighted by molar-refractivity contribution is 0.239. The lowest BCUT2D eigenvalue weighted by Gasteiger charge is -2.32. The zero-order chi connectivity index (χ0) is 19.1. The molecule has 6 nitrogen and oxygen atoms in total. The number of nitrogens with zero attached hydrogens (tertiary/aromatic N) is 4. The molecule has 1 fully saturated rings. The lowest BCUT2D eigenvalue weighted by Crippen LogP contribution is -2.37. The summed E-state index contributed by atoms with van der Waals surface area (Å²) in [5, 5.41) is 14.1. The van der Waals surface area contributed by atoms with Gasteiger partial charge < -0.3 is 10.9 Å². The normalized spacial score (nSPS) is 16.9. The van der Waals surface area contributed by atoms with Crippen molar-refractivity contribution in [3.05, 3.63) is 58.9 Å². The van der Waals surface area contributed by atoms with Crippen molar-refractivity contribution in [1.82, 2.24) is 9.88 Å². The number of halogens is 1. The molecule has 1 aliphatic rings. The average Bonchev–Trinajstić information content (AvgIpc) is 2.69. The number of piperidine rings is 1. The standard InChI is InChI=1S/C20H24ClN5O/c21-17-4-5-18(24-11-17)12-23-13-19(25-22)14-26-8-6-15(7-9-26)16-2-1-3-20(27)10-16/h1-5,10-11,13,15,27H,6-9,12,14,22H2. The minimum atomic E-state index is 0.332. The third-order valence-electron chi connectivity index (χ3n) is 4.76. The Kier molecular flexibility index (Phi) is 6.79. The molecule has 7 heteroatoms. The van der Waals surface area contributed by atoms with Gasteiger partial charge in [0.2, 0.25) is 0 Å². The number of likely N-dealkylation sites (tertiary alicyclic amines) is 1. The fraction of sp³-hybridized carbons (Fsp3) is 0.350. The number of aliphatic imine (C=N–C) groups is 1. The highest BCUT2D eigenvalue weighted by Crippen LogP contribution is 2.29. The van der Waals surface area contributed by atoms with Gasteiger partial charge in [0.05, 0.1) is 23.0 Å². The maximum Gasteiger partial charge on any atom is 0.115 e. The van der Waals surface area contributed by atoms with Gasteiger partial charge in [0.15, 0.2) is 0 Å². The lowest BCUT2D eigenvalue weighted by atomic mass is 9.89. The summed E-state index contributed by atoms with van der Waals surface area (Å²) in [6.45, 7) is 3.08. The molecule has 1 aromatic heterocycles. The minimum Gasteiger partial charge on any atom is -0.508 e. The summed E-state index contributed by atoms with van der Waals surface area (Å²) < 4.78 is 0. The number of rotatable bonds is 6. The van der Waals surface area contributed by atoms with Crippen molar-refractivity contribution in [3.8, 4) is 5.75 Å². The zero-order valence-electron chi connectivity index (χ0n) is 15.1. The molecule has 142 valence electrons. The van der Waals surface area contributed by atoms with E-state index < -0.39 is 0 Å². The molecule has 0 amide bonds. The van der Waals surface area contributed by atoms with Crippen LogP contribution in [0.1, 0.15) is 30.0 Å². The Bertz CT molecular complexity index is 798. The maximum atomic E-state index is 9.66. The number of hydrogen-bond donors (Lipinski definition) is 2. The van der Waals surface area contributed by atoms with Crippen molar-refractivity contribution in [2.24, 2.45) is 15.9 Å². The van der Waals surface area contributed by atoms with E-state index >= 15 is 0 Å². The van der Waals surface area contributed by atoms with E-state index in [1.807, 2.05) is 18.2 Å². The van der Waals surface area contributed by atoms with Crippen LogP contribution in [0.3, 0.4) is 0 Å². The van der Waals surface area contributed by atoms with Crippen LogP contribution in [-0.4, -0.2) is 46.6 Å². The highest BCUT2D eigenvalue weighted by molar-refractivity contribution is 6.31. The number of phenolic OH excluding ortho intramolecular Hbond substituents is 1. The van der Waals surface area contributed by atoms with E-state index in [9.17, 15) is 5.11 Å².